The Bertz CT molecular complexity index is 1250. The molecule has 0 spiro atoms. The average Bonchev–Trinajstić information content (AvgIpc) is 2.68. The Morgan fingerprint density at radius 3 is 2.55 bits per heavy atom. The average molecular weight is 445 g/mol. The van der Waals surface area contributed by atoms with Crippen LogP contribution in [-0.4, -0.2) is 37.2 Å². The number of hydrogen-bond donors (Lipinski definition) is 1. The standard InChI is InChI=1S/C22H22F2N4O2S/c1-21(2)20(25)28-22(3,12-31(21,5)30)15-8-13(9-16(23)19(15)24)10-18(29)17-7-6-14(26-4)11-27-17/h6-9,11H,5,10,12H2,1-3H3,(H2,25,28)/t22-,31?/m0/s1. The molecule has 6 nitrogen and oxygen atoms in total. The largest absolute Gasteiger partial charge is 0.386 e. The lowest BCUT2D eigenvalue weighted by Gasteiger charge is -2.41. The minimum Gasteiger partial charge on any atom is -0.386 e. The van der Waals surface area contributed by atoms with E-state index in [2.05, 4.69) is 20.7 Å². The molecule has 2 atom stereocenters. The number of ketones is 1. The van der Waals surface area contributed by atoms with Crippen molar-refractivity contribution >= 4 is 32.7 Å². The molecule has 31 heavy (non-hydrogen) atoms. The van der Waals surface area contributed by atoms with E-state index in [9.17, 15) is 17.8 Å². The van der Waals surface area contributed by atoms with Gasteiger partial charge in [-0.15, -0.1) is 0 Å². The molecular formula is C22H22F2N4O2S. The molecule has 1 aromatic carbocycles. The van der Waals surface area contributed by atoms with Crippen LogP contribution in [0, 0.1) is 18.2 Å². The van der Waals surface area contributed by atoms with Crippen molar-refractivity contribution in [2.45, 2.75) is 37.5 Å². The maximum atomic E-state index is 14.8. The van der Waals surface area contributed by atoms with Crippen LogP contribution in [0.4, 0.5) is 14.5 Å². The maximum absolute atomic E-state index is 14.8. The molecule has 162 valence electrons. The monoisotopic (exact) mass is 444 g/mol. The Morgan fingerprint density at radius 2 is 2.00 bits per heavy atom. The second-order valence-electron chi connectivity index (χ2n) is 8.29. The molecule has 0 saturated carbocycles. The van der Waals surface area contributed by atoms with Crippen LogP contribution in [0.3, 0.4) is 0 Å². The number of hydrogen-bond acceptors (Lipinski definition) is 5. The number of halogens is 2. The van der Waals surface area contributed by atoms with Gasteiger partial charge < -0.3 is 5.73 Å². The van der Waals surface area contributed by atoms with Gasteiger partial charge in [-0.1, -0.05) is 6.07 Å². The topological polar surface area (TPSA) is 89.8 Å². The van der Waals surface area contributed by atoms with E-state index in [1.54, 1.807) is 13.8 Å². The second-order valence-corrected chi connectivity index (χ2v) is 11.2. The number of carbonyl (C=O) groups is 1. The molecule has 2 heterocycles. The van der Waals surface area contributed by atoms with Crippen LogP contribution in [0.1, 0.15) is 42.4 Å². The third-order valence-electron chi connectivity index (χ3n) is 5.62. The molecule has 2 N–H and O–H groups in total. The van der Waals surface area contributed by atoms with Crippen molar-refractivity contribution in [3.05, 3.63) is 70.3 Å². The predicted octanol–water partition coefficient (Wildman–Crippen LogP) is 3.42. The van der Waals surface area contributed by atoms with E-state index in [0.29, 0.717) is 0 Å². The van der Waals surface area contributed by atoms with Gasteiger partial charge in [0.15, 0.2) is 17.4 Å². The van der Waals surface area contributed by atoms with Crippen LogP contribution in [0.2, 0.25) is 0 Å². The van der Waals surface area contributed by atoms with E-state index < -0.39 is 37.2 Å². The number of benzene rings is 1. The summed E-state index contributed by atoms with van der Waals surface area (Å²) in [6.45, 7) is 11.8. The maximum Gasteiger partial charge on any atom is 0.205 e. The van der Waals surface area contributed by atoms with Gasteiger partial charge in [-0.05, 0) is 59.9 Å². The number of pyridine rings is 1. The summed E-state index contributed by atoms with van der Waals surface area (Å²) in [4.78, 5) is 24.1. The molecular weight excluding hydrogens is 422 g/mol. The summed E-state index contributed by atoms with van der Waals surface area (Å²) in [7, 11) is -2.83. The Hall–Kier alpha value is -3.12. The summed E-state index contributed by atoms with van der Waals surface area (Å²) in [5, 5.41) is 0. The van der Waals surface area contributed by atoms with Crippen LogP contribution in [-0.2, 0) is 21.5 Å². The van der Waals surface area contributed by atoms with E-state index in [1.165, 1.54) is 31.3 Å². The van der Waals surface area contributed by atoms with Crippen LogP contribution in [0.15, 0.2) is 35.5 Å². The molecule has 9 heteroatoms. The number of Topliss-reactive ketones (excluding diaryl/α,β-unsaturated/α-hetero) is 1. The second kappa shape index (κ2) is 7.54. The van der Waals surface area contributed by atoms with Gasteiger partial charge in [0.05, 0.1) is 16.9 Å². The van der Waals surface area contributed by atoms with Gasteiger partial charge >= 0.3 is 0 Å². The molecule has 1 unspecified atom stereocenters. The number of carbonyl (C=O) groups excluding carboxylic acids is 1. The zero-order valence-corrected chi connectivity index (χ0v) is 18.2. The van der Waals surface area contributed by atoms with Crippen molar-refractivity contribution in [1.82, 2.24) is 4.98 Å². The Kier molecular flexibility index (Phi) is 5.48. The molecule has 3 rings (SSSR count). The fourth-order valence-electron chi connectivity index (χ4n) is 3.43. The van der Waals surface area contributed by atoms with Gasteiger partial charge in [0.25, 0.3) is 0 Å². The first-order chi connectivity index (χ1) is 14.3. The van der Waals surface area contributed by atoms with E-state index in [4.69, 9.17) is 12.3 Å². The first-order valence-electron chi connectivity index (χ1n) is 9.36. The van der Waals surface area contributed by atoms with Gasteiger partial charge in [-0.25, -0.2) is 13.6 Å². The van der Waals surface area contributed by atoms with Crippen molar-refractivity contribution in [3.8, 4) is 0 Å². The summed E-state index contributed by atoms with van der Waals surface area (Å²) in [6.07, 6.45) is 1.03. The molecule has 1 aromatic heterocycles. The molecule has 0 saturated heterocycles. The molecule has 1 aliphatic rings. The minimum absolute atomic E-state index is 0.0478. The Morgan fingerprint density at radius 1 is 1.32 bits per heavy atom. The third kappa shape index (κ3) is 3.95. The molecule has 0 radical (unpaired) electrons. The van der Waals surface area contributed by atoms with E-state index in [0.717, 1.165) is 6.07 Å². The number of rotatable bonds is 4. The summed E-state index contributed by atoms with van der Waals surface area (Å²) < 4.78 is 41.5. The van der Waals surface area contributed by atoms with Crippen molar-refractivity contribution in [2.75, 3.05) is 5.75 Å². The molecule has 0 aliphatic carbocycles. The van der Waals surface area contributed by atoms with Gasteiger partial charge in [-0.2, -0.15) is 0 Å². The lowest BCUT2D eigenvalue weighted by Crippen LogP contribution is -2.54. The summed E-state index contributed by atoms with van der Waals surface area (Å²) in [5.74, 6) is 1.02. The Balaban J connectivity index is 2.03. The van der Waals surface area contributed by atoms with Crippen LogP contribution < -0.4 is 5.73 Å². The Labute approximate surface area is 180 Å². The van der Waals surface area contributed by atoms with Gasteiger partial charge in [0.1, 0.15) is 11.5 Å². The highest BCUT2D eigenvalue weighted by Crippen LogP contribution is 2.38. The molecule has 0 bridgehead atoms. The van der Waals surface area contributed by atoms with Crippen LogP contribution >= 0.6 is 0 Å². The highest BCUT2D eigenvalue weighted by molar-refractivity contribution is 8.02. The van der Waals surface area contributed by atoms with E-state index >= 15 is 0 Å². The summed E-state index contributed by atoms with van der Waals surface area (Å²) in [6, 6.07) is 5.14. The van der Waals surface area contributed by atoms with E-state index in [1.807, 2.05) is 0 Å². The summed E-state index contributed by atoms with van der Waals surface area (Å²) in [5.41, 5.74) is 5.10. The van der Waals surface area contributed by atoms with Crippen LogP contribution in [0.5, 0.6) is 0 Å². The molecule has 2 aromatic rings. The van der Waals surface area contributed by atoms with E-state index in [-0.39, 0.29) is 40.5 Å². The molecule has 0 fully saturated rings. The number of nitrogens with two attached hydrogens (primary N) is 1. The predicted molar refractivity (Wildman–Crippen MR) is 118 cm³/mol. The highest BCUT2D eigenvalue weighted by Gasteiger charge is 2.46. The lowest BCUT2D eigenvalue weighted by molar-refractivity contribution is 0.0988. The highest BCUT2D eigenvalue weighted by atomic mass is 32.2. The number of amidine groups is 1. The third-order valence-corrected chi connectivity index (χ3v) is 8.72. The fourth-order valence-corrected chi connectivity index (χ4v) is 5.34. The van der Waals surface area contributed by atoms with Crippen molar-refractivity contribution in [3.63, 3.8) is 0 Å². The molecule has 1 aliphatic heterocycles. The quantitative estimate of drug-likeness (QED) is 0.445. The van der Waals surface area contributed by atoms with Crippen LogP contribution in [0.25, 0.3) is 4.85 Å². The zero-order valence-electron chi connectivity index (χ0n) is 17.4. The fraction of sp³-hybridized carbons (Fsp3) is 0.318. The normalized spacial score (nSPS) is 24.8. The van der Waals surface area contributed by atoms with Gasteiger partial charge in [0, 0.05) is 23.9 Å². The van der Waals surface area contributed by atoms with Gasteiger partial charge in [-0.3, -0.25) is 19.0 Å². The SMILES string of the molecule is [C-]#[N+]c1ccc(C(=O)Cc2cc(F)c(F)c([C@]3(C)CS(=C)(=O)C(C)(C)C(N)=N3)c2)nc1. The molecule has 0 amide bonds. The first kappa shape index (κ1) is 22.6. The summed E-state index contributed by atoms with van der Waals surface area (Å²) >= 11 is 0. The minimum atomic E-state index is -2.83. The first-order valence-corrected chi connectivity index (χ1v) is 11.3. The zero-order chi connectivity index (χ0) is 23.2. The van der Waals surface area contributed by atoms with Gasteiger partial charge in [0.2, 0.25) is 5.69 Å². The van der Waals surface area contributed by atoms with Crippen molar-refractivity contribution in [2.24, 2.45) is 10.7 Å². The van der Waals surface area contributed by atoms with Crippen molar-refractivity contribution in [1.29, 1.82) is 0 Å². The van der Waals surface area contributed by atoms with Crippen molar-refractivity contribution < 1.29 is 17.8 Å². The number of aromatic nitrogens is 1. The number of nitrogens with zero attached hydrogens (tertiary/aromatic N) is 3. The smallest absolute Gasteiger partial charge is 0.205 e. The lowest BCUT2D eigenvalue weighted by atomic mass is 9.90. The number of aliphatic imine (C=N–C) groups is 1.